The minimum absolute atomic E-state index is 0.00333. The van der Waals surface area contributed by atoms with Crippen LogP contribution in [-0.4, -0.2) is 25.5 Å². The molecular formula is C13H17NO4S. The van der Waals surface area contributed by atoms with E-state index < -0.39 is 22.0 Å². The molecule has 0 saturated heterocycles. The Kier molecular flexibility index (Phi) is 4.85. The smallest absolute Gasteiger partial charge is 0.335 e. The van der Waals surface area contributed by atoms with Crippen molar-refractivity contribution < 1.29 is 18.3 Å². The van der Waals surface area contributed by atoms with Gasteiger partial charge in [-0.1, -0.05) is 19.1 Å². The van der Waals surface area contributed by atoms with E-state index in [4.69, 9.17) is 5.11 Å². The summed E-state index contributed by atoms with van der Waals surface area (Å²) in [5, 5.41) is 8.94. The highest BCUT2D eigenvalue weighted by Crippen LogP contribution is 2.19. The summed E-state index contributed by atoms with van der Waals surface area (Å²) in [5.74, 6) is -1.16. The second-order valence-electron chi connectivity index (χ2n) is 4.13. The molecule has 1 aromatic rings. The van der Waals surface area contributed by atoms with Crippen molar-refractivity contribution in [3.63, 3.8) is 0 Å². The van der Waals surface area contributed by atoms with Crippen LogP contribution in [0.1, 0.15) is 29.8 Å². The molecule has 0 bridgehead atoms. The van der Waals surface area contributed by atoms with Gasteiger partial charge in [0.05, 0.1) is 10.5 Å². The van der Waals surface area contributed by atoms with Crippen molar-refractivity contribution in [3.05, 3.63) is 42.0 Å². The van der Waals surface area contributed by atoms with Gasteiger partial charge in [0.15, 0.2) is 0 Å². The van der Waals surface area contributed by atoms with E-state index in [9.17, 15) is 13.2 Å². The number of sulfonamides is 1. The van der Waals surface area contributed by atoms with Gasteiger partial charge in [0, 0.05) is 6.04 Å². The van der Waals surface area contributed by atoms with Crippen molar-refractivity contribution in [1.82, 2.24) is 4.72 Å². The monoisotopic (exact) mass is 283 g/mol. The summed E-state index contributed by atoms with van der Waals surface area (Å²) in [6.45, 7) is 6.97. The zero-order valence-corrected chi connectivity index (χ0v) is 11.7. The molecule has 0 radical (unpaired) electrons. The van der Waals surface area contributed by atoms with E-state index >= 15 is 0 Å². The first-order valence-corrected chi connectivity index (χ1v) is 7.31. The Labute approximate surface area is 113 Å². The van der Waals surface area contributed by atoms with Crippen LogP contribution in [-0.2, 0) is 16.4 Å². The lowest BCUT2D eigenvalue weighted by molar-refractivity contribution is 0.0696. The van der Waals surface area contributed by atoms with Crippen LogP contribution in [0.15, 0.2) is 35.7 Å². The van der Waals surface area contributed by atoms with Crippen molar-refractivity contribution in [2.45, 2.75) is 31.2 Å². The molecule has 6 heteroatoms. The van der Waals surface area contributed by atoms with Crippen LogP contribution in [0.4, 0.5) is 0 Å². The van der Waals surface area contributed by atoms with Crippen LogP contribution in [0.3, 0.4) is 0 Å². The Morgan fingerprint density at radius 2 is 2.16 bits per heavy atom. The Morgan fingerprint density at radius 1 is 1.53 bits per heavy atom. The first-order valence-electron chi connectivity index (χ1n) is 5.83. The molecule has 0 aliphatic carbocycles. The normalized spacial score (nSPS) is 12.9. The van der Waals surface area contributed by atoms with Crippen LogP contribution in [0.25, 0.3) is 0 Å². The first-order chi connectivity index (χ1) is 8.81. The molecule has 5 nitrogen and oxygen atoms in total. The molecule has 0 aliphatic heterocycles. The Balaban J connectivity index is 3.34. The number of carboxylic acid groups (broad SMARTS) is 1. The molecular weight excluding hydrogens is 266 g/mol. The SMILES string of the molecule is C=CC(C)NS(=O)(=O)c1cc(C(=O)O)ccc1CC. The number of nitrogens with one attached hydrogen (secondary N) is 1. The fourth-order valence-corrected chi connectivity index (χ4v) is 3.14. The quantitative estimate of drug-likeness (QED) is 0.780. The van der Waals surface area contributed by atoms with E-state index in [1.54, 1.807) is 6.92 Å². The van der Waals surface area contributed by atoms with Gasteiger partial charge in [-0.15, -0.1) is 6.58 Å². The second kappa shape index (κ2) is 5.99. The number of hydrogen-bond acceptors (Lipinski definition) is 3. The summed E-state index contributed by atoms with van der Waals surface area (Å²) in [7, 11) is -3.75. The van der Waals surface area contributed by atoms with Gasteiger partial charge in [0.25, 0.3) is 0 Å². The summed E-state index contributed by atoms with van der Waals surface area (Å²) in [4.78, 5) is 10.9. The number of carboxylic acids is 1. The third-order valence-electron chi connectivity index (χ3n) is 2.68. The molecule has 0 saturated carbocycles. The maximum atomic E-state index is 12.2. The molecule has 1 aromatic carbocycles. The summed E-state index contributed by atoms with van der Waals surface area (Å²) in [6, 6.07) is 3.68. The van der Waals surface area contributed by atoms with Crippen molar-refractivity contribution in [3.8, 4) is 0 Å². The van der Waals surface area contributed by atoms with E-state index in [-0.39, 0.29) is 10.5 Å². The summed E-state index contributed by atoms with van der Waals surface area (Å²) in [6.07, 6.45) is 1.96. The van der Waals surface area contributed by atoms with Crippen molar-refractivity contribution in [1.29, 1.82) is 0 Å². The lowest BCUT2D eigenvalue weighted by Crippen LogP contribution is -2.31. The van der Waals surface area contributed by atoms with Gasteiger partial charge in [-0.2, -0.15) is 0 Å². The van der Waals surface area contributed by atoms with Crippen LogP contribution in [0.2, 0.25) is 0 Å². The molecule has 1 rings (SSSR count). The topological polar surface area (TPSA) is 83.5 Å². The van der Waals surface area contributed by atoms with Crippen LogP contribution in [0.5, 0.6) is 0 Å². The van der Waals surface area contributed by atoms with Crippen molar-refractivity contribution >= 4 is 16.0 Å². The van der Waals surface area contributed by atoms with E-state index in [0.29, 0.717) is 12.0 Å². The highest BCUT2D eigenvalue weighted by molar-refractivity contribution is 7.89. The molecule has 0 heterocycles. The first kappa shape index (κ1) is 15.4. The Bertz CT molecular complexity index is 593. The van der Waals surface area contributed by atoms with Gasteiger partial charge in [0.1, 0.15) is 0 Å². The highest BCUT2D eigenvalue weighted by atomic mass is 32.2. The fourth-order valence-electron chi connectivity index (χ4n) is 1.59. The predicted molar refractivity (Wildman–Crippen MR) is 72.8 cm³/mol. The number of aryl methyl sites for hydroxylation is 1. The minimum atomic E-state index is -3.75. The van der Waals surface area contributed by atoms with Gasteiger partial charge >= 0.3 is 5.97 Å². The average molecular weight is 283 g/mol. The fraction of sp³-hybridized carbons (Fsp3) is 0.308. The summed E-state index contributed by atoms with van der Waals surface area (Å²) in [5.41, 5.74) is 0.526. The molecule has 0 spiro atoms. The zero-order valence-electron chi connectivity index (χ0n) is 10.9. The number of rotatable bonds is 6. The van der Waals surface area contributed by atoms with Gasteiger partial charge in [0.2, 0.25) is 10.0 Å². The van der Waals surface area contributed by atoms with Gasteiger partial charge < -0.3 is 5.11 Å². The average Bonchev–Trinajstić information content (AvgIpc) is 2.37. The van der Waals surface area contributed by atoms with E-state index in [1.807, 2.05) is 6.92 Å². The van der Waals surface area contributed by atoms with Gasteiger partial charge in [-0.05, 0) is 31.0 Å². The maximum Gasteiger partial charge on any atom is 0.335 e. The molecule has 1 atom stereocenters. The number of carbonyl (C=O) groups is 1. The molecule has 104 valence electrons. The third kappa shape index (κ3) is 3.65. The minimum Gasteiger partial charge on any atom is -0.478 e. The molecule has 0 aliphatic rings. The Hall–Kier alpha value is -1.66. The standard InChI is InChI=1S/C13H17NO4S/c1-4-9(3)14-19(17,18)12-8-11(13(15)16)7-6-10(12)5-2/h4,6-9,14H,1,5H2,2-3H3,(H,15,16). The van der Waals surface area contributed by atoms with E-state index in [1.165, 1.54) is 24.3 Å². The molecule has 1 unspecified atom stereocenters. The second-order valence-corrected chi connectivity index (χ2v) is 5.81. The lowest BCUT2D eigenvalue weighted by Gasteiger charge is -2.13. The number of benzene rings is 1. The van der Waals surface area contributed by atoms with Gasteiger partial charge in [-0.25, -0.2) is 17.9 Å². The van der Waals surface area contributed by atoms with E-state index in [2.05, 4.69) is 11.3 Å². The highest BCUT2D eigenvalue weighted by Gasteiger charge is 2.21. The number of hydrogen-bond donors (Lipinski definition) is 2. The van der Waals surface area contributed by atoms with Crippen LogP contribution >= 0.6 is 0 Å². The third-order valence-corrected chi connectivity index (χ3v) is 4.32. The molecule has 2 N–H and O–H groups in total. The summed E-state index contributed by atoms with van der Waals surface area (Å²) >= 11 is 0. The Morgan fingerprint density at radius 3 is 2.63 bits per heavy atom. The van der Waals surface area contributed by atoms with Crippen LogP contribution < -0.4 is 4.72 Å². The molecule has 19 heavy (non-hydrogen) atoms. The lowest BCUT2D eigenvalue weighted by atomic mass is 10.1. The zero-order chi connectivity index (χ0) is 14.6. The van der Waals surface area contributed by atoms with Gasteiger partial charge in [-0.3, -0.25) is 0 Å². The predicted octanol–water partition coefficient (Wildman–Crippen LogP) is 1.80. The summed E-state index contributed by atoms with van der Waals surface area (Å²) < 4.78 is 26.8. The molecule has 0 amide bonds. The maximum absolute atomic E-state index is 12.2. The molecule has 0 fully saturated rings. The number of aromatic carboxylic acids is 1. The van der Waals surface area contributed by atoms with Crippen molar-refractivity contribution in [2.75, 3.05) is 0 Å². The van der Waals surface area contributed by atoms with E-state index in [0.717, 1.165) is 0 Å². The van der Waals surface area contributed by atoms with Crippen molar-refractivity contribution in [2.24, 2.45) is 0 Å². The largest absolute Gasteiger partial charge is 0.478 e. The molecule has 0 aromatic heterocycles. The van der Waals surface area contributed by atoms with Crippen LogP contribution in [0, 0.1) is 0 Å².